The van der Waals surface area contributed by atoms with Crippen LogP contribution in [0.2, 0.25) is 0 Å². The smallest absolute Gasteiger partial charge is 0.226 e. The van der Waals surface area contributed by atoms with E-state index in [4.69, 9.17) is 0 Å². The summed E-state index contributed by atoms with van der Waals surface area (Å²) in [4.78, 5) is 19.5. The number of nitrogens with zero attached hydrogens (tertiary/aromatic N) is 4. The summed E-state index contributed by atoms with van der Waals surface area (Å²) < 4.78 is 1.83. The number of Topliss-reactive ketones (excluding diaryl/α,β-unsaturated/α-hetero) is 1. The molecule has 0 bridgehead atoms. The molecule has 6 heteroatoms. The van der Waals surface area contributed by atoms with Crippen LogP contribution in [0.15, 0.2) is 41.9 Å². The minimum Gasteiger partial charge on any atom is -0.372 e. The van der Waals surface area contributed by atoms with Crippen LogP contribution >= 0.6 is 0 Å². The average molecular weight is 351 g/mol. The van der Waals surface area contributed by atoms with E-state index in [0.717, 1.165) is 36.3 Å². The summed E-state index contributed by atoms with van der Waals surface area (Å²) in [6, 6.07) is 8.30. The van der Waals surface area contributed by atoms with Crippen LogP contribution < -0.4 is 10.2 Å². The van der Waals surface area contributed by atoms with Crippen LogP contribution in [0.4, 0.5) is 11.6 Å². The summed E-state index contributed by atoms with van der Waals surface area (Å²) in [5.74, 6) is 1.28. The number of carbonyl (C=O) groups is 1. The zero-order valence-corrected chi connectivity index (χ0v) is 15.6. The number of nitrogens with one attached hydrogen (secondary N) is 1. The molecular formula is C20H25N5O. The van der Waals surface area contributed by atoms with Gasteiger partial charge in [0, 0.05) is 36.5 Å². The predicted molar refractivity (Wildman–Crippen MR) is 102 cm³/mol. The maximum Gasteiger partial charge on any atom is 0.226 e. The summed E-state index contributed by atoms with van der Waals surface area (Å²) in [6.45, 7) is 8.39. The topological polar surface area (TPSA) is 63.1 Å². The molecule has 1 aromatic heterocycles. The van der Waals surface area contributed by atoms with E-state index in [9.17, 15) is 4.79 Å². The van der Waals surface area contributed by atoms with Gasteiger partial charge < -0.3 is 10.2 Å². The fourth-order valence-corrected chi connectivity index (χ4v) is 4.11. The molecule has 2 heterocycles. The Morgan fingerprint density at radius 3 is 2.62 bits per heavy atom. The van der Waals surface area contributed by atoms with E-state index >= 15 is 0 Å². The third kappa shape index (κ3) is 2.69. The van der Waals surface area contributed by atoms with E-state index in [1.54, 1.807) is 6.33 Å². The largest absolute Gasteiger partial charge is 0.372 e. The van der Waals surface area contributed by atoms with Crippen molar-refractivity contribution in [3.8, 4) is 0 Å². The number of anilines is 2. The SMILES string of the molecule is CCN(CC)c1ccc([C@@H]2C3=C(C[C@@H](C)CC3=O)Nc3ncnn32)cc1. The molecule has 2 aliphatic rings. The molecule has 1 N–H and O–H groups in total. The number of aromatic nitrogens is 3. The molecule has 2 atom stereocenters. The molecular weight excluding hydrogens is 326 g/mol. The predicted octanol–water partition coefficient (Wildman–Crippen LogP) is 3.39. The van der Waals surface area contributed by atoms with Crippen molar-refractivity contribution in [3.63, 3.8) is 0 Å². The summed E-state index contributed by atoms with van der Waals surface area (Å²) >= 11 is 0. The highest BCUT2D eigenvalue weighted by Gasteiger charge is 2.37. The van der Waals surface area contributed by atoms with Gasteiger partial charge in [-0.1, -0.05) is 19.1 Å². The number of carbonyl (C=O) groups excluding carboxylic acids is 1. The molecule has 136 valence electrons. The molecule has 0 unspecified atom stereocenters. The molecule has 1 aromatic carbocycles. The van der Waals surface area contributed by atoms with Crippen molar-refractivity contribution in [1.29, 1.82) is 0 Å². The van der Waals surface area contributed by atoms with E-state index in [1.807, 2.05) is 4.68 Å². The van der Waals surface area contributed by atoms with E-state index in [0.29, 0.717) is 18.3 Å². The van der Waals surface area contributed by atoms with E-state index in [1.165, 1.54) is 5.69 Å². The highest BCUT2D eigenvalue weighted by Crippen LogP contribution is 2.41. The van der Waals surface area contributed by atoms with Gasteiger partial charge in [-0.15, -0.1) is 0 Å². The second kappa shape index (κ2) is 6.59. The fraction of sp³-hybridized carbons (Fsp3) is 0.450. The molecule has 0 saturated heterocycles. The Bertz CT molecular complexity index is 847. The van der Waals surface area contributed by atoms with Gasteiger partial charge in [0.1, 0.15) is 12.4 Å². The molecule has 0 amide bonds. The third-order valence-electron chi connectivity index (χ3n) is 5.40. The van der Waals surface area contributed by atoms with Crippen LogP contribution in [0, 0.1) is 5.92 Å². The highest BCUT2D eigenvalue weighted by molar-refractivity contribution is 5.99. The Morgan fingerprint density at radius 1 is 1.19 bits per heavy atom. The van der Waals surface area contributed by atoms with Gasteiger partial charge in [-0.25, -0.2) is 4.68 Å². The molecule has 0 radical (unpaired) electrons. The van der Waals surface area contributed by atoms with Crippen molar-refractivity contribution < 1.29 is 4.79 Å². The number of allylic oxidation sites excluding steroid dienone is 2. The molecule has 1 aliphatic carbocycles. The van der Waals surface area contributed by atoms with Crippen molar-refractivity contribution in [2.45, 2.75) is 39.7 Å². The van der Waals surface area contributed by atoms with E-state index in [2.05, 4.69) is 65.3 Å². The highest BCUT2D eigenvalue weighted by atomic mass is 16.1. The second-order valence-corrected chi connectivity index (χ2v) is 7.15. The summed E-state index contributed by atoms with van der Waals surface area (Å²) in [5.41, 5.74) is 4.12. The number of ketones is 1. The number of hydrogen-bond acceptors (Lipinski definition) is 5. The van der Waals surface area contributed by atoms with Crippen LogP contribution in [0.3, 0.4) is 0 Å². The Labute approximate surface area is 153 Å². The van der Waals surface area contributed by atoms with Gasteiger partial charge in [-0.2, -0.15) is 10.1 Å². The molecule has 4 rings (SSSR count). The van der Waals surface area contributed by atoms with E-state index < -0.39 is 0 Å². The normalized spacial score (nSPS) is 21.9. The van der Waals surface area contributed by atoms with Crippen molar-refractivity contribution >= 4 is 17.4 Å². The Kier molecular flexibility index (Phi) is 4.26. The first-order chi connectivity index (χ1) is 12.6. The van der Waals surface area contributed by atoms with Gasteiger partial charge in [0.25, 0.3) is 0 Å². The number of hydrogen-bond donors (Lipinski definition) is 1. The first-order valence-corrected chi connectivity index (χ1v) is 9.40. The molecule has 0 spiro atoms. The van der Waals surface area contributed by atoms with Crippen LogP contribution in [0.1, 0.15) is 45.2 Å². The summed E-state index contributed by atoms with van der Waals surface area (Å²) in [5, 5.41) is 7.72. The lowest BCUT2D eigenvalue weighted by Gasteiger charge is -2.34. The Hall–Kier alpha value is -2.63. The lowest BCUT2D eigenvalue weighted by atomic mass is 9.81. The van der Waals surface area contributed by atoms with Gasteiger partial charge in [0.2, 0.25) is 5.95 Å². The fourth-order valence-electron chi connectivity index (χ4n) is 4.11. The molecule has 6 nitrogen and oxygen atoms in total. The number of rotatable bonds is 4. The first-order valence-electron chi connectivity index (χ1n) is 9.40. The molecule has 0 fully saturated rings. The van der Waals surface area contributed by atoms with Gasteiger partial charge >= 0.3 is 0 Å². The van der Waals surface area contributed by atoms with Crippen molar-refractivity contribution in [2.75, 3.05) is 23.3 Å². The molecule has 2 aromatic rings. The van der Waals surface area contributed by atoms with Gasteiger partial charge in [-0.05, 0) is 43.9 Å². The van der Waals surface area contributed by atoms with Gasteiger partial charge in [0.15, 0.2) is 5.78 Å². The van der Waals surface area contributed by atoms with Crippen molar-refractivity contribution in [2.24, 2.45) is 5.92 Å². The molecule has 1 aliphatic heterocycles. The van der Waals surface area contributed by atoms with Crippen LogP contribution in [0.25, 0.3) is 0 Å². The quantitative estimate of drug-likeness (QED) is 0.915. The monoisotopic (exact) mass is 351 g/mol. The first kappa shape index (κ1) is 16.8. The lowest BCUT2D eigenvalue weighted by molar-refractivity contribution is -0.117. The van der Waals surface area contributed by atoms with Gasteiger partial charge in [0.05, 0.1) is 0 Å². The standard InChI is InChI=1S/C20H25N5O/c1-4-24(5-2)15-8-6-14(7-9-15)19-18-16(10-13(3)11-17(18)26)23-20-21-12-22-25(19)20/h6-9,12-13,19H,4-5,10-11H2,1-3H3,(H,21,22,23)/t13-,19-/m1/s1. The second-order valence-electron chi connectivity index (χ2n) is 7.15. The van der Waals surface area contributed by atoms with Crippen LogP contribution in [0.5, 0.6) is 0 Å². The van der Waals surface area contributed by atoms with Crippen LogP contribution in [-0.4, -0.2) is 33.6 Å². The summed E-state index contributed by atoms with van der Waals surface area (Å²) in [6.07, 6.45) is 3.02. The van der Waals surface area contributed by atoms with Gasteiger partial charge in [-0.3, -0.25) is 4.79 Å². The maximum atomic E-state index is 12.9. The maximum absolute atomic E-state index is 12.9. The Morgan fingerprint density at radius 2 is 1.92 bits per heavy atom. The minimum atomic E-state index is -0.200. The van der Waals surface area contributed by atoms with Crippen molar-refractivity contribution in [3.05, 3.63) is 47.4 Å². The molecule has 0 saturated carbocycles. The van der Waals surface area contributed by atoms with Crippen LogP contribution in [-0.2, 0) is 4.79 Å². The summed E-state index contributed by atoms with van der Waals surface area (Å²) in [7, 11) is 0. The minimum absolute atomic E-state index is 0.200. The zero-order valence-electron chi connectivity index (χ0n) is 15.6. The average Bonchev–Trinajstić information content (AvgIpc) is 3.09. The Balaban J connectivity index is 1.77. The van der Waals surface area contributed by atoms with E-state index in [-0.39, 0.29) is 11.8 Å². The zero-order chi connectivity index (χ0) is 18.3. The number of fused-ring (bicyclic) bond motifs is 1. The van der Waals surface area contributed by atoms with Crippen molar-refractivity contribution in [1.82, 2.24) is 14.8 Å². The lowest BCUT2D eigenvalue weighted by Crippen LogP contribution is -2.33. The molecule has 26 heavy (non-hydrogen) atoms. The third-order valence-corrected chi connectivity index (χ3v) is 5.40. The number of benzene rings is 1.